The molecule has 0 saturated heterocycles. The highest BCUT2D eigenvalue weighted by Gasteiger charge is 2.45. The summed E-state index contributed by atoms with van der Waals surface area (Å²) in [6.07, 6.45) is -0.589. The maximum Gasteiger partial charge on any atom is 0.407 e. The predicted molar refractivity (Wildman–Crippen MR) is 166 cm³/mol. The van der Waals surface area contributed by atoms with E-state index in [1.165, 1.54) is 49.6 Å². The van der Waals surface area contributed by atoms with E-state index in [1.807, 2.05) is 0 Å². The Morgan fingerprint density at radius 1 is 1.17 bits per heavy atom. The Labute approximate surface area is 274 Å². The Balaban J connectivity index is 1.71. The third-order valence-electron chi connectivity index (χ3n) is 7.16. The highest BCUT2D eigenvalue weighted by atomic mass is 35.5. The number of nitrogens with two attached hydrogens (primary N) is 1. The topological polar surface area (TPSA) is 143 Å². The Hall–Kier alpha value is -5.13. The Kier molecular flexibility index (Phi) is 11.6. The number of carbonyl (C=O) groups is 2. The predicted octanol–water partition coefficient (Wildman–Crippen LogP) is 5.78. The van der Waals surface area contributed by atoms with Gasteiger partial charge < -0.3 is 15.8 Å². The second-order valence-corrected chi connectivity index (χ2v) is 10.6. The number of aromatic nitrogens is 2. The van der Waals surface area contributed by atoms with E-state index in [1.54, 1.807) is 0 Å². The van der Waals surface area contributed by atoms with Gasteiger partial charge in [0.15, 0.2) is 5.96 Å². The fourth-order valence-electron chi connectivity index (χ4n) is 4.60. The van der Waals surface area contributed by atoms with E-state index >= 15 is 0 Å². The van der Waals surface area contributed by atoms with Crippen LogP contribution in [0.25, 0.3) is 11.1 Å². The van der Waals surface area contributed by atoms with Gasteiger partial charge in [0.05, 0.1) is 22.9 Å². The Bertz CT molecular complexity index is 1670. The molecule has 0 radical (unpaired) electrons. The number of nitrogens with zero attached hydrogens (tertiary/aromatic N) is 7. The van der Waals surface area contributed by atoms with Gasteiger partial charge >= 0.3 is 19.2 Å². The second-order valence-electron chi connectivity index (χ2n) is 10.2. The number of amides is 2. The van der Waals surface area contributed by atoms with Crippen LogP contribution in [-0.2, 0) is 4.74 Å². The van der Waals surface area contributed by atoms with Gasteiger partial charge in [0, 0.05) is 36.3 Å². The molecular formula is C29H28ClF6N9O3. The monoisotopic (exact) mass is 699 g/mol. The number of carbonyl (C=O) groups excluding carboxylic acids is 2. The van der Waals surface area contributed by atoms with E-state index in [2.05, 4.69) is 32.2 Å². The number of aliphatic imine (C=N–C) groups is 2. The average Bonchev–Trinajstić information content (AvgIpc) is 3.65. The number of hydrazone groups is 1. The van der Waals surface area contributed by atoms with Crippen LogP contribution in [0.15, 0.2) is 69.9 Å². The van der Waals surface area contributed by atoms with Gasteiger partial charge in [0.1, 0.15) is 12.9 Å². The summed E-state index contributed by atoms with van der Waals surface area (Å²) < 4.78 is 85.7. The molecule has 0 bridgehead atoms. The molecule has 3 atom stereocenters. The number of hydrogen-bond donors (Lipinski definition) is 2. The number of hydrogen-bond acceptors (Lipinski definition) is 7. The number of benzene rings is 2. The first-order valence-electron chi connectivity index (χ1n) is 13.9. The lowest BCUT2D eigenvalue weighted by Crippen LogP contribution is -2.46. The molecule has 1 aromatic heterocycles. The quantitative estimate of drug-likeness (QED) is 0.0762. The summed E-state index contributed by atoms with van der Waals surface area (Å²) in [6, 6.07) is 7.27. The highest BCUT2D eigenvalue weighted by molar-refractivity contribution is 6.33. The van der Waals surface area contributed by atoms with Crippen molar-refractivity contribution in [2.45, 2.75) is 38.0 Å². The van der Waals surface area contributed by atoms with Crippen molar-refractivity contribution in [3.8, 4) is 11.1 Å². The number of anilines is 1. The maximum atomic E-state index is 14.0. The molecule has 256 valence electrons. The molecular weight excluding hydrogens is 672 g/mol. The van der Waals surface area contributed by atoms with Crippen molar-refractivity contribution >= 4 is 48.3 Å². The molecule has 3 aromatic rings. The molecule has 4 rings (SSSR count). The van der Waals surface area contributed by atoms with Gasteiger partial charge in [-0.1, -0.05) is 29.8 Å². The van der Waals surface area contributed by atoms with E-state index in [9.17, 15) is 35.9 Å². The summed E-state index contributed by atoms with van der Waals surface area (Å²) in [6.45, 7) is -3.55. The van der Waals surface area contributed by atoms with Crippen molar-refractivity contribution in [3.63, 3.8) is 0 Å². The van der Waals surface area contributed by atoms with E-state index in [-0.39, 0.29) is 39.2 Å². The van der Waals surface area contributed by atoms with Crippen LogP contribution in [0.3, 0.4) is 0 Å². The van der Waals surface area contributed by atoms with Gasteiger partial charge in [-0.15, -0.1) is 0 Å². The molecule has 12 nitrogen and oxygen atoms in total. The normalized spacial score (nSPS) is 16.8. The van der Waals surface area contributed by atoms with Gasteiger partial charge in [-0.3, -0.25) is 19.7 Å². The number of rotatable bonds is 13. The molecule has 3 N–H and O–H groups in total. The lowest BCUT2D eigenvalue weighted by molar-refractivity contribution is 0.0566. The minimum atomic E-state index is -3.20. The van der Waals surface area contributed by atoms with Crippen LogP contribution >= 0.6 is 11.6 Å². The lowest BCUT2D eigenvalue weighted by Gasteiger charge is -2.32. The third-order valence-corrected chi connectivity index (χ3v) is 7.48. The van der Waals surface area contributed by atoms with Crippen molar-refractivity contribution in [3.05, 3.63) is 71.0 Å². The number of alkyl carbamates (subject to hydrolysis) is 1. The number of nitrogens with one attached hydrogen (secondary N) is 1. The summed E-state index contributed by atoms with van der Waals surface area (Å²) in [5.74, 6) is -2.21. The first-order chi connectivity index (χ1) is 22.9. The zero-order valence-electron chi connectivity index (χ0n) is 24.9. The molecule has 1 unspecified atom stereocenters. The van der Waals surface area contributed by atoms with Crippen LogP contribution in [0.2, 0.25) is 5.02 Å². The molecule has 0 aliphatic heterocycles. The van der Waals surface area contributed by atoms with Gasteiger partial charge in [0.2, 0.25) is 6.43 Å². The molecule has 19 heteroatoms. The van der Waals surface area contributed by atoms with Gasteiger partial charge in [-0.05, 0) is 48.5 Å². The SMILES string of the molecule is C=N/C=N\N(c1cc([C@@H](COC(=O)N[C@H]2CC2C(F)F)N(C(=O)c2ccc(-c3cnn(C(F)F)c3)cc2)C(N)=NC)ccc1Cl)C(F)F. The first-order valence-corrected chi connectivity index (χ1v) is 14.3. The van der Waals surface area contributed by atoms with Crippen LogP contribution in [-0.4, -0.2) is 78.4 Å². The summed E-state index contributed by atoms with van der Waals surface area (Å²) in [5.41, 5.74) is 6.72. The second kappa shape index (κ2) is 15.6. The molecule has 2 aromatic carbocycles. The average molecular weight is 700 g/mol. The molecule has 0 spiro atoms. The minimum absolute atomic E-state index is 0.0175. The van der Waals surface area contributed by atoms with Gasteiger partial charge in [0.25, 0.3) is 5.91 Å². The number of guanidine groups is 1. The van der Waals surface area contributed by atoms with Crippen molar-refractivity contribution in [2.24, 2.45) is 26.7 Å². The number of alkyl halides is 6. The van der Waals surface area contributed by atoms with Crippen LogP contribution in [0.1, 0.15) is 34.9 Å². The van der Waals surface area contributed by atoms with Crippen molar-refractivity contribution in [1.29, 1.82) is 0 Å². The zero-order chi connectivity index (χ0) is 35.1. The largest absolute Gasteiger partial charge is 0.447 e. The third kappa shape index (κ3) is 8.41. The maximum absolute atomic E-state index is 14.0. The molecule has 1 aliphatic rings. The Morgan fingerprint density at radius 3 is 2.44 bits per heavy atom. The molecule has 48 heavy (non-hydrogen) atoms. The van der Waals surface area contributed by atoms with Crippen molar-refractivity contribution < 1.29 is 40.7 Å². The summed E-state index contributed by atoms with van der Waals surface area (Å²) in [7, 11) is 1.27. The fourth-order valence-corrected chi connectivity index (χ4v) is 4.80. The smallest absolute Gasteiger partial charge is 0.407 e. The number of halogens is 7. The zero-order valence-corrected chi connectivity index (χ0v) is 25.7. The van der Waals surface area contributed by atoms with E-state index in [0.717, 1.165) is 23.5 Å². The van der Waals surface area contributed by atoms with Crippen LogP contribution in [0.5, 0.6) is 0 Å². The molecule has 1 saturated carbocycles. The summed E-state index contributed by atoms with van der Waals surface area (Å²) >= 11 is 6.23. The number of ether oxygens (including phenoxy) is 1. The standard InChI is InChI=1S/C29H28ClF6N9O3/c1-38-14-41-45(27(35)36)22-9-17(7-8-20(22)30)23(13-48-29(47)42-21-10-19(21)24(31)32)44(28(37)39-2)25(46)16-5-3-15(4-6-16)18-11-40-43(12-18)26(33)34/h3-9,11-12,14,19,21,23-24,26-27H,1,10,13H2,2H3,(H2,37,39)(H,42,47)/b41-14-/t19?,21-,23+/m0/s1. The molecule has 2 amide bonds. The van der Waals surface area contributed by atoms with E-state index in [0.29, 0.717) is 15.8 Å². The van der Waals surface area contributed by atoms with E-state index in [4.69, 9.17) is 22.1 Å². The molecule has 1 fully saturated rings. The van der Waals surface area contributed by atoms with Gasteiger partial charge in [-0.25, -0.2) is 23.3 Å². The fraction of sp³-hybridized carbons (Fsp3) is 0.310. The Morgan fingerprint density at radius 2 is 1.88 bits per heavy atom. The van der Waals surface area contributed by atoms with Crippen LogP contribution < -0.4 is 16.1 Å². The van der Waals surface area contributed by atoms with Crippen molar-refractivity contribution in [2.75, 3.05) is 18.7 Å². The van der Waals surface area contributed by atoms with E-state index < -0.39 is 56.1 Å². The van der Waals surface area contributed by atoms with Crippen LogP contribution in [0, 0.1) is 5.92 Å². The molecule has 1 aliphatic carbocycles. The van der Waals surface area contributed by atoms with Crippen LogP contribution in [0.4, 0.5) is 36.8 Å². The summed E-state index contributed by atoms with van der Waals surface area (Å²) in [5, 5.41) is 9.51. The highest BCUT2D eigenvalue weighted by Crippen LogP contribution is 2.37. The lowest BCUT2D eigenvalue weighted by atomic mass is 10.0. The first kappa shape index (κ1) is 35.7. The minimum Gasteiger partial charge on any atom is -0.447 e. The molecule has 1 heterocycles. The van der Waals surface area contributed by atoms with Gasteiger partial charge in [-0.2, -0.15) is 27.8 Å². The summed E-state index contributed by atoms with van der Waals surface area (Å²) in [4.78, 5) is 34.8. The van der Waals surface area contributed by atoms with Crippen molar-refractivity contribution in [1.82, 2.24) is 20.0 Å².